The lowest BCUT2D eigenvalue weighted by Gasteiger charge is -2.18. The maximum atomic E-state index is 13.1. The van der Waals surface area contributed by atoms with Crippen LogP contribution in [0.1, 0.15) is 22.9 Å². The van der Waals surface area contributed by atoms with E-state index in [1.807, 2.05) is 0 Å². The van der Waals surface area contributed by atoms with Gasteiger partial charge in [0.05, 0.1) is 23.9 Å². The standard InChI is InChI=1S/C15H14F6N2O2/c1-25-7-22-6-11(24)9-5-12(15(19,20)21)23-13-8(9)3-2-4-10(13)14(16,17)18/h2-5,11,22,24H,6-7H2,1H3. The molecule has 2 rings (SSSR count). The molecule has 4 nitrogen and oxygen atoms in total. The number of aliphatic hydroxyl groups is 1. The van der Waals surface area contributed by atoms with E-state index in [1.165, 1.54) is 13.2 Å². The van der Waals surface area contributed by atoms with E-state index in [2.05, 4.69) is 10.3 Å². The van der Waals surface area contributed by atoms with E-state index < -0.39 is 35.2 Å². The van der Waals surface area contributed by atoms with Gasteiger partial charge in [-0.3, -0.25) is 5.32 Å². The van der Waals surface area contributed by atoms with Crippen molar-refractivity contribution in [3.63, 3.8) is 0 Å². The summed E-state index contributed by atoms with van der Waals surface area (Å²) in [5, 5.41) is 12.5. The lowest BCUT2D eigenvalue weighted by Crippen LogP contribution is -2.24. The highest BCUT2D eigenvalue weighted by Gasteiger charge is 2.37. The molecule has 0 amide bonds. The summed E-state index contributed by atoms with van der Waals surface area (Å²) in [6.07, 6.45) is -11.3. The Morgan fingerprint density at radius 1 is 1.16 bits per heavy atom. The maximum absolute atomic E-state index is 13.1. The Kier molecular flexibility index (Phi) is 5.55. The first-order valence-corrected chi connectivity index (χ1v) is 7.01. The van der Waals surface area contributed by atoms with Gasteiger partial charge in [0.1, 0.15) is 5.69 Å². The molecule has 0 radical (unpaired) electrons. The largest absolute Gasteiger partial charge is 0.433 e. The van der Waals surface area contributed by atoms with Gasteiger partial charge in [0.15, 0.2) is 0 Å². The molecule has 10 heteroatoms. The van der Waals surface area contributed by atoms with Crippen molar-refractivity contribution in [2.45, 2.75) is 18.5 Å². The highest BCUT2D eigenvalue weighted by molar-refractivity contribution is 5.86. The summed E-state index contributed by atoms with van der Waals surface area (Å²) >= 11 is 0. The first kappa shape index (κ1) is 19.4. The van der Waals surface area contributed by atoms with Gasteiger partial charge >= 0.3 is 12.4 Å². The number of alkyl halides is 6. The minimum atomic E-state index is -4.96. The molecule has 1 heterocycles. The van der Waals surface area contributed by atoms with Crippen LogP contribution in [0.3, 0.4) is 0 Å². The van der Waals surface area contributed by atoms with E-state index in [4.69, 9.17) is 4.74 Å². The van der Waals surface area contributed by atoms with Gasteiger partial charge in [0.2, 0.25) is 0 Å². The van der Waals surface area contributed by atoms with Gasteiger partial charge in [0, 0.05) is 19.0 Å². The first-order valence-electron chi connectivity index (χ1n) is 7.01. The summed E-state index contributed by atoms with van der Waals surface area (Å²) in [5.74, 6) is 0. The first-order chi connectivity index (χ1) is 11.6. The van der Waals surface area contributed by atoms with E-state index in [1.54, 1.807) is 0 Å². The van der Waals surface area contributed by atoms with E-state index in [-0.39, 0.29) is 24.2 Å². The molecule has 25 heavy (non-hydrogen) atoms. The number of hydrogen-bond acceptors (Lipinski definition) is 4. The molecular formula is C15H14F6N2O2. The number of nitrogens with one attached hydrogen (secondary N) is 1. The summed E-state index contributed by atoms with van der Waals surface area (Å²) < 4.78 is 83.1. The number of halogens is 6. The van der Waals surface area contributed by atoms with Crippen molar-refractivity contribution in [1.82, 2.24) is 10.3 Å². The zero-order valence-electron chi connectivity index (χ0n) is 12.9. The van der Waals surface area contributed by atoms with Gasteiger partial charge in [0.25, 0.3) is 0 Å². The second kappa shape index (κ2) is 7.14. The molecule has 1 aromatic heterocycles. The van der Waals surface area contributed by atoms with Crippen LogP contribution in [0.15, 0.2) is 24.3 Å². The zero-order valence-corrected chi connectivity index (χ0v) is 12.9. The molecule has 0 fully saturated rings. The fourth-order valence-electron chi connectivity index (χ4n) is 2.33. The smallest absolute Gasteiger partial charge is 0.387 e. The second-order valence-corrected chi connectivity index (χ2v) is 5.20. The zero-order chi connectivity index (χ0) is 18.8. The lowest BCUT2D eigenvalue weighted by molar-refractivity contribution is -0.142. The van der Waals surface area contributed by atoms with Crippen LogP contribution in [0.25, 0.3) is 10.9 Å². The summed E-state index contributed by atoms with van der Waals surface area (Å²) in [6.45, 7) is -0.194. The normalized spacial score (nSPS) is 14.1. The quantitative estimate of drug-likeness (QED) is 0.482. The van der Waals surface area contributed by atoms with Crippen molar-refractivity contribution < 1.29 is 36.2 Å². The number of fused-ring (bicyclic) bond motifs is 1. The Bertz CT molecular complexity index is 745. The van der Waals surface area contributed by atoms with E-state index in [9.17, 15) is 31.4 Å². The van der Waals surface area contributed by atoms with Crippen LogP contribution >= 0.6 is 0 Å². The predicted octanol–water partition coefficient (Wildman–Crippen LogP) is 3.50. The van der Waals surface area contributed by atoms with Crippen LogP contribution in [-0.2, 0) is 17.1 Å². The van der Waals surface area contributed by atoms with E-state index in [0.717, 1.165) is 6.07 Å². The number of hydrogen-bond donors (Lipinski definition) is 2. The Balaban J connectivity index is 2.67. The summed E-state index contributed by atoms with van der Waals surface area (Å²) in [4.78, 5) is 3.15. The lowest BCUT2D eigenvalue weighted by atomic mass is 9.99. The number of rotatable bonds is 5. The van der Waals surface area contributed by atoms with Gasteiger partial charge in [-0.1, -0.05) is 12.1 Å². The van der Waals surface area contributed by atoms with E-state index in [0.29, 0.717) is 12.1 Å². The molecule has 0 bridgehead atoms. The number of aliphatic hydroxyl groups excluding tert-OH is 1. The summed E-state index contributed by atoms with van der Waals surface area (Å²) in [5.41, 5.74) is -3.95. The molecule has 0 spiro atoms. The second-order valence-electron chi connectivity index (χ2n) is 5.20. The van der Waals surface area contributed by atoms with Crippen molar-refractivity contribution in [3.8, 4) is 0 Å². The predicted molar refractivity (Wildman–Crippen MR) is 76.6 cm³/mol. The van der Waals surface area contributed by atoms with Crippen LogP contribution in [0.4, 0.5) is 26.3 Å². The minimum absolute atomic E-state index is 0.0139. The van der Waals surface area contributed by atoms with Crippen molar-refractivity contribution in [2.24, 2.45) is 0 Å². The Hall–Kier alpha value is -1.91. The highest BCUT2D eigenvalue weighted by Crippen LogP contribution is 2.38. The molecule has 0 saturated heterocycles. The summed E-state index contributed by atoms with van der Waals surface area (Å²) in [7, 11) is 1.36. The molecule has 0 aliphatic rings. The van der Waals surface area contributed by atoms with E-state index >= 15 is 0 Å². The topological polar surface area (TPSA) is 54.4 Å². The Morgan fingerprint density at radius 3 is 2.40 bits per heavy atom. The van der Waals surface area contributed by atoms with Crippen molar-refractivity contribution in [2.75, 3.05) is 20.4 Å². The van der Waals surface area contributed by atoms with Gasteiger partial charge in [-0.15, -0.1) is 0 Å². The molecule has 0 aliphatic carbocycles. The number of aromatic nitrogens is 1. The molecule has 138 valence electrons. The highest BCUT2D eigenvalue weighted by atomic mass is 19.4. The van der Waals surface area contributed by atoms with Crippen LogP contribution in [-0.4, -0.2) is 30.5 Å². The monoisotopic (exact) mass is 368 g/mol. The number of ether oxygens (including phenoxy) is 1. The molecular weight excluding hydrogens is 354 g/mol. The maximum Gasteiger partial charge on any atom is 0.433 e. The Morgan fingerprint density at radius 2 is 1.84 bits per heavy atom. The molecule has 1 aromatic carbocycles. The third-order valence-corrected chi connectivity index (χ3v) is 3.41. The molecule has 2 aromatic rings. The number of para-hydroxylation sites is 1. The molecule has 0 saturated carbocycles. The fraction of sp³-hybridized carbons (Fsp3) is 0.400. The molecule has 0 aliphatic heterocycles. The average molecular weight is 368 g/mol. The number of methoxy groups -OCH3 is 1. The van der Waals surface area contributed by atoms with Gasteiger partial charge in [-0.05, 0) is 17.7 Å². The number of benzene rings is 1. The third-order valence-electron chi connectivity index (χ3n) is 3.41. The van der Waals surface area contributed by atoms with Gasteiger partial charge in [-0.2, -0.15) is 26.3 Å². The minimum Gasteiger partial charge on any atom is -0.387 e. The van der Waals surface area contributed by atoms with Crippen LogP contribution in [0.5, 0.6) is 0 Å². The molecule has 1 atom stereocenters. The van der Waals surface area contributed by atoms with Crippen LogP contribution in [0, 0.1) is 0 Å². The fourth-order valence-corrected chi connectivity index (χ4v) is 2.33. The summed E-state index contributed by atoms with van der Waals surface area (Å²) in [6, 6.07) is 3.45. The van der Waals surface area contributed by atoms with Crippen LogP contribution < -0.4 is 5.32 Å². The SMILES string of the molecule is COCNCC(O)c1cc(C(F)(F)F)nc2c(C(F)(F)F)cccc12. The van der Waals surface area contributed by atoms with Crippen molar-refractivity contribution in [3.05, 3.63) is 41.1 Å². The third kappa shape index (κ3) is 4.39. The van der Waals surface area contributed by atoms with Gasteiger partial charge in [-0.25, -0.2) is 4.98 Å². The number of pyridine rings is 1. The Labute approximate surface area is 138 Å². The van der Waals surface area contributed by atoms with Crippen molar-refractivity contribution in [1.29, 1.82) is 0 Å². The number of nitrogens with zero attached hydrogens (tertiary/aromatic N) is 1. The molecule has 1 unspecified atom stereocenters. The average Bonchev–Trinajstić information content (AvgIpc) is 2.51. The van der Waals surface area contributed by atoms with Crippen molar-refractivity contribution >= 4 is 10.9 Å². The molecule has 2 N–H and O–H groups in total. The van der Waals surface area contributed by atoms with Gasteiger partial charge < -0.3 is 9.84 Å². The van der Waals surface area contributed by atoms with Crippen LogP contribution in [0.2, 0.25) is 0 Å².